The number of anilines is 1. The Morgan fingerprint density at radius 1 is 1.15 bits per heavy atom. The highest BCUT2D eigenvalue weighted by molar-refractivity contribution is 7.92. The molecule has 0 unspecified atom stereocenters. The molecule has 7 heteroatoms. The summed E-state index contributed by atoms with van der Waals surface area (Å²) in [6.07, 6.45) is 7.25. The lowest BCUT2D eigenvalue weighted by atomic mass is 10.3. The van der Waals surface area contributed by atoms with Crippen molar-refractivity contribution in [2.45, 2.75) is 42.4 Å². The van der Waals surface area contributed by atoms with Crippen LogP contribution in [0.25, 0.3) is 5.65 Å². The van der Waals surface area contributed by atoms with Crippen molar-refractivity contribution >= 4 is 32.8 Å². The maximum atomic E-state index is 12.8. The average Bonchev–Trinajstić information content (AvgIpc) is 3.29. The Hall–Kier alpha value is -2.05. The van der Waals surface area contributed by atoms with Gasteiger partial charge in [-0.25, -0.2) is 13.4 Å². The molecule has 1 saturated carbocycles. The van der Waals surface area contributed by atoms with Crippen LogP contribution in [-0.2, 0) is 16.4 Å². The van der Waals surface area contributed by atoms with Crippen LogP contribution >= 0.6 is 11.6 Å². The summed E-state index contributed by atoms with van der Waals surface area (Å²) in [6, 6.07) is 10.7. The summed E-state index contributed by atoms with van der Waals surface area (Å²) in [6.45, 7) is 0.506. The molecule has 1 aromatic carbocycles. The highest BCUT2D eigenvalue weighted by Crippen LogP contribution is 2.30. The number of sulfone groups is 1. The van der Waals surface area contributed by atoms with E-state index in [-0.39, 0.29) is 5.25 Å². The highest BCUT2D eigenvalue weighted by Gasteiger charge is 2.30. The fourth-order valence-electron chi connectivity index (χ4n) is 3.47. The van der Waals surface area contributed by atoms with Crippen LogP contribution in [0.3, 0.4) is 0 Å². The van der Waals surface area contributed by atoms with Crippen LogP contribution in [0.5, 0.6) is 0 Å². The van der Waals surface area contributed by atoms with E-state index in [0.29, 0.717) is 16.5 Å². The predicted molar refractivity (Wildman–Crippen MR) is 103 cm³/mol. The van der Waals surface area contributed by atoms with Crippen molar-refractivity contribution in [2.24, 2.45) is 0 Å². The van der Waals surface area contributed by atoms with Crippen molar-refractivity contribution in [3.8, 4) is 0 Å². The van der Waals surface area contributed by atoms with E-state index in [2.05, 4.69) is 10.3 Å². The van der Waals surface area contributed by atoms with Gasteiger partial charge in [0, 0.05) is 18.1 Å². The summed E-state index contributed by atoms with van der Waals surface area (Å²) in [5, 5.41) is 3.68. The molecule has 136 valence electrons. The normalized spacial score (nSPS) is 15.6. The van der Waals surface area contributed by atoms with Gasteiger partial charge in [0.2, 0.25) is 0 Å². The number of aromatic nitrogens is 2. The molecule has 1 fully saturated rings. The van der Waals surface area contributed by atoms with Crippen molar-refractivity contribution in [1.29, 1.82) is 0 Å². The first-order valence-electron chi connectivity index (χ1n) is 8.73. The summed E-state index contributed by atoms with van der Waals surface area (Å²) >= 11 is 5.99. The van der Waals surface area contributed by atoms with Crippen LogP contribution in [0, 0.1) is 0 Å². The number of fused-ring (bicyclic) bond motifs is 1. The second-order valence-electron chi connectivity index (χ2n) is 6.68. The zero-order valence-electron chi connectivity index (χ0n) is 14.2. The predicted octanol–water partition coefficient (Wildman–Crippen LogP) is 4.32. The molecule has 0 amide bonds. The molecule has 3 aromatic rings. The quantitative estimate of drug-likeness (QED) is 0.706. The molecule has 1 aliphatic rings. The van der Waals surface area contributed by atoms with E-state index in [4.69, 9.17) is 11.6 Å². The number of imidazole rings is 1. The molecule has 0 spiro atoms. The molecule has 0 bridgehead atoms. The zero-order chi connectivity index (χ0) is 18.1. The minimum Gasteiger partial charge on any atom is -0.379 e. The Labute approximate surface area is 157 Å². The van der Waals surface area contributed by atoms with Gasteiger partial charge in [0.1, 0.15) is 5.65 Å². The molecule has 26 heavy (non-hydrogen) atoms. The number of hydrogen-bond acceptors (Lipinski definition) is 4. The largest absolute Gasteiger partial charge is 0.379 e. The van der Waals surface area contributed by atoms with Crippen molar-refractivity contribution in [3.05, 3.63) is 59.5 Å². The Morgan fingerprint density at radius 3 is 2.77 bits per heavy atom. The Morgan fingerprint density at radius 2 is 1.96 bits per heavy atom. The molecule has 0 aliphatic heterocycles. The van der Waals surface area contributed by atoms with Gasteiger partial charge in [-0.1, -0.05) is 30.5 Å². The first-order valence-corrected chi connectivity index (χ1v) is 10.7. The fraction of sp³-hybridized carbons (Fsp3) is 0.316. The standard InChI is InChI=1S/C19H20ClN3O2S/c20-14-8-9-19-22-16(13-23(19)12-14)11-21-15-4-3-7-18(10-15)26(24,25)17-5-1-2-6-17/h3-4,7-10,12-13,17,21H,1-2,5-6,11H2. The molecule has 0 atom stereocenters. The van der Waals surface area contributed by atoms with Gasteiger partial charge in [-0.05, 0) is 43.2 Å². The molecule has 1 N–H and O–H groups in total. The monoisotopic (exact) mass is 389 g/mol. The van der Waals surface area contributed by atoms with Gasteiger partial charge in [-0.2, -0.15) is 0 Å². The van der Waals surface area contributed by atoms with Gasteiger partial charge in [-0.15, -0.1) is 0 Å². The third kappa shape index (κ3) is 3.44. The number of nitrogens with zero attached hydrogens (tertiary/aromatic N) is 2. The highest BCUT2D eigenvalue weighted by atomic mass is 35.5. The minimum absolute atomic E-state index is 0.235. The summed E-state index contributed by atoms with van der Waals surface area (Å²) in [7, 11) is -3.24. The third-order valence-corrected chi connectivity index (χ3v) is 7.33. The zero-order valence-corrected chi connectivity index (χ0v) is 15.8. The minimum atomic E-state index is -3.24. The molecular formula is C19H20ClN3O2S. The number of benzene rings is 1. The number of pyridine rings is 1. The molecule has 4 rings (SSSR count). The van der Waals surface area contributed by atoms with E-state index in [1.54, 1.807) is 24.3 Å². The number of halogens is 1. The van der Waals surface area contributed by atoms with Crippen LogP contribution in [0.2, 0.25) is 5.02 Å². The number of rotatable bonds is 5. The summed E-state index contributed by atoms with van der Waals surface area (Å²) in [5.74, 6) is 0. The summed E-state index contributed by atoms with van der Waals surface area (Å²) in [5.41, 5.74) is 2.46. The lowest BCUT2D eigenvalue weighted by Crippen LogP contribution is -2.17. The van der Waals surface area contributed by atoms with Crippen molar-refractivity contribution < 1.29 is 8.42 Å². The van der Waals surface area contributed by atoms with E-state index >= 15 is 0 Å². The molecule has 2 aromatic heterocycles. The van der Waals surface area contributed by atoms with Gasteiger partial charge >= 0.3 is 0 Å². The lowest BCUT2D eigenvalue weighted by molar-refractivity contribution is 0.579. The number of hydrogen-bond donors (Lipinski definition) is 1. The van der Waals surface area contributed by atoms with Crippen molar-refractivity contribution in [1.82, 2.24) is 9.38 Å². The smallest absolute Gasteiger partial charge is 0.181 e. The van der Waals surface area contributed by atoms with Crippen molar-refractivity contribution in [2.75, 3.05) is 5.32 Å². The molecular weight excluding hydrogens is 370 g/mol. The van der Waals surface area contributed by atoms with Crippen LogP contribution in [-0.4, -0.2) is 23.1 Å². The maximum Gasteiger partial charge on any atom is 0.181 e. The molecule has 2 heterocycles. The van der Waals surface area contributed by atoms with Crippen molar-refractivity contribution in [3.63, 3.8) is 0 Å². The number of nitrogens with one attached hydrogen (secondary N) is 1. The molecule has 0 saturated heterocycles. The lowest BCUT2D eigenvalue weighted by Gasteiger charge is -2.12. The second kappa shape index (κ2) is 6.93. The van der Waals surface area contributed by atoms with Gasteiger partial charge < -0.3 is 9.72 Å². The van der Waals surface area contributed by atoms with E-state index in [1.807, 2.05) is 28.9 Å². The Kier molecular flexibility index (Phi) is 4.63. The second-order valence-corrected chi connectivity index (χ2v) is 9.34. The topological polar surface area (TPSA) is 63.5 Å². The average molecular weight is 390 g/mol. The van der Waals surface area contributed by atoms with Gasteiger partial charge in [0.05, 0.1) is 27.4 Å². The van der Waals surface area contributed by atoms with Gasteiger partial charge in [-0.3, -0.25) is 0 Å². The summed E-state index contributed by atoms with van der Waals surface area (Å²) in [4.78, 5) is 4.93. The first-order chi connectivity index (χ1) is 12.5. The summed E-state index contributed by atoms with van der Waals surface area (Å²) < 4.78 is 27.4. The van der Waals surface area contributed by atoms with Crippen LogP contribution in [0.4, 0.5) is 5.69 Å². The third-order valence-electron chi connectivity index (χ3n) is 4.84. The first kappa shape index (κ1) is 17.4. The maximum absolute atomic E-state index is 12.8. The molecule has 0 radical (unpaired) electrons. The van der Waals surface area contributed by atoms with Gasteiger partial charge in [0.15, 0.2) is 9.84 Å². The molecule has 1 aliphatic carbocycles. The SMILES string of the molecule is O=S(=O)(c1cccc(NCc2cn3cc(Cl)ccc3n2)c1)C1CCCC1. The van der Waals surface area contributed by atoms with Crippen LogP contribution < -0.4 is 5.32 Å². The van der Waals surface area contributed by atoms with Crippen LogP contribution in [0.1, 0.15) is 31.4 Å². The van der Waals surface area contributed by atoms with E-state index in [0.717, 1.165) is 42.7 Å². The van der Waals surface area contributed by atoms with Gasteiger partial charge in [0.25, 0.3) is 0 Å². The Balaban J connectivity index is 1.51. The molecule has 5 nitrogen and oxygen atoms in total. The van der Waals surface area contributed by atoms with Crippen LogP contribution in [0.15, 0.2) is 53.7 Å². The Bertz CT molecular complexity index is 1040. The fourth-order valence-corrected chi connectivity index (χ4v) is 5.54. The van der Waals surface area contributed by atoms with E-state index < -0.39 is 9.84 Å². The van der Waals surface area contributed by atoms with E-state index in [1.165, 1.54) is 0 Å². The van der Waals surface area contributed by atoms with E-state index in [9.17, 15) is 8.42 Å².